The number of carbonyl (C=O) groups excluding carboxylic acids is 2. The molecular formula is C15H24N2O4. The normalized spacial score (nSPS) is 23.5. The highest BCUT2D eigenvalue weighted by atomic mass is 16.4. The molecule has 6 nitrogen and oxygen atoms in total. The number of rotatable bonds is 6. The zero-order chi connectivity index (χ0) is 15.5. The Balaban J connectivity index is 1.85. The van der Waals surface area contributed by atoms with Crippen molar-refractivity contribution in [3.05, 3.63) is 0 Å². The molecule has 2 fully saturated rings. The van der Waals surface area contributed by atoms with Crippen molar-refractivity contribution in [1.29, 1.82) is 0 Å². The van der Waals surface area contributed by atoms with Crippen LogP contribution in [0.2, 0.25) is 0 Å². The molecule has 1 saturated carbocycles. The van der Waals surface area contributed by atoms with Crippen molar-refractivity contribution < 1.29 is 19.5 Å². The van der Waals surface area contributed by atoms with Crippen molar-refractivity contribution in [1.82, 2.24) is 10.2 Å². The van der Waals surface area contributed by atoms with Crippen molar-refractivity contribution in [2.75, 3.05) is 19.6 Å². The van der Waals surface area contributed by atoms with E-state index in [1.807, 2.05) is 6.92 Å². The summed E-state index contributed by atoms with van der Waals surface area (Å²) in [4.78, 5) is 36.8. The lowest BCUT2D eigenvalue weighted by molar-refractivity contribution is -0.154. The minimum Gasteiger partial charge on any atom is -0.480 e. The third kappa shape index (κ3) is 3.54. The summed E-state index contributed by atoms with van der Waals surface area (Å²) in [5, 5.41) is 12.1. The van der Waals surface area contributed by atoms with E-state index in [0.29, 0.717) is 38.9 Å². The van der Waals surface area contributed by atoms with Gasteiger partial charge in [0.15, 0.2) is 0 Å². The monoisotopic (exact) mass is 296 g/mol. The summed E-state index contributed by atoms with van der Waals surface area (Å²) in [6.45, 7) is 3.72. The van der Waals surface area contributed by atoms with Crippen LogP contribution in [0, 0.1) is 11.3 Å². The molecule has 6 heteroatoms. The lowest BCUT2D eigenvalue weighted by Crippen LogP contribution is -2.48. The van der Waals surface area contributed by atoms with E-state index in [1.54, 1.807) is 4.90 Å². The fourth-order valence-electron chi connectivity index (χ4n) is 2.94. The fraction of sp³-hybridized carbons (Fsp3) is 0.800. The number of aliphatic carboxylic acids is 1. The van der Waals surface area contributed by atoms with E-state index in [9.17, 15) is 19.5 Å². The highest BCUT2D eigenvalue weighted by Crippen LogP contribution is 2.47. The Hall–Kier alpha value is -1.59. The summed E-state index contributed by atoms with van der Waals surface area (Å²) in [7, 11) is 0. The quantitative estimate of drug-likeness (QED) is 0.716. The highest BCUT2D eigenvalue weighted by Gasteiger charge is 2.58. The molecule has 1 saturated heterocycles. The van der Waals surface area contributed by atoms with Crippen LogP contribution in [-0.4, -0.2) is 47.4 Å². The first-order valence-corrected chi connectivity index (χ1v) is 7.79. The minimum absolute atomic E-state index is 0.0464. The molecule has 0 spiro atoms. The summed E-state index contributed by atoms with van der Waals surface area (Å²) in [6.07, 6.45) is 4.09. The molecule has 1 atom stereocenters. The van der Waals surface area contributed by atoms with E-state index >= 15 is 0 Å². The van der Waals surface area contributed by atoms with E-state index in [2.05, 4.69) is 5.32 Å². The zero-order valence-corrected chi connectivity index (χ0v) is 12.6. The van der Waals surface area contributed by atoms with Gasteiger partial charge in [-0.3, -0.25) is 14.4 Å². The van der Waals surface area contributed by atoms with Crippen molar-refractivity contribution in [2.24, 2.45) is 11.3 Å². The molecule has 118 valence electrons. The third-order valence-corrected chi connectivity index (χ3v) is 4.44. The Morgan fingerprint density at radius 1 is 1.33 bits per heavy atom. The maximum absolute atomic E-state index is 12.4. The number of hydrogen-bond donors (Lipinski definition) is 2. The Morgan fingerprint density at radius 3 is 2.62 bits per heavy atom. The lowest BCUT2D eigenvalue weighted by atomic mass is 9.95. The minimum atomic E-state index is -1.15. The first-order valence-electron chi connectivity index (χ1n) is 7.79. The van der Waals surface area contributed by atoms with Crippen LogP contribution in [-0.2, 0) is 14.4 Å². The van der Waals surface area contributed by atoms with Crippen LogP contribution in [0.4, 0.5) is 0 Å². The second-order valence-corrected chi connectivity index (χ2v) is 6.20. The van der Waals surface area contributed by atoms with Crippen molar-refractivity contribution >= 4 is 17.8 Å². The van der Waals surface area contributed by atoms with Gasteiger partial charge in [0.05, 0.1) is 0 Å². The van der Waals surface area contributed by atoms with Crippen molar-refractivity contribution in [2.45, 2.75) is 45.4 Å². The average molecular weight is 296 g/mol. The number of carboxylic acid groups (broad SMARTS) is 1. The smallest absolute Gasteiger partial charge is 0.319 e. The Kier molecular flexibility index (Phi) is 4.85. The second kappa shape index (κ2) is 6.45. The molecule has 2 rings (SSSR count). The van der Waals surface area contributed by atoms with Crippen LogP contribution in [0.15, 0.2) is 0 Å². The molecule has 1 heterocycles. The predicted molar refractivity (Wildman–Crippen MR) is 76.5 cm³/mol. The molecule has 2 amide bonds. The summed E-state index contributed by atoms with van der Waals surface area (Å²) in [5.41, 5.74) is -1.15. The van der Waals surface area contributed by atoms with Gasteiger partial charge < -0.3 is 15.3 Å². The molecule has 1 aliphatic heterocycles. The predicted octanol–water partition coefficient (Wildman–Crippen LogP) is 1.01. The number of amides is 2. The fourth-order valence-corrected chi connectivity index (χ4v) is 2.94. The van der Waals surface area contributed by atoms with Gasteiger partial charge in [0.25, 0.3) is 0 Å². The van der Waals surface area contributed by atoms with Gasteiger partial charge in [-0.15, -0.1) is 0 Å². The summed E-state index contributed by atoms with van der Waals surface area (Å²) in [5.74, 6) is -0.955. The zero-order valence-electron chi connectivity index (χ0n) is 12.6. The van der Waals surface area contributed by atoms with Gasteiger partial charge in [-0.1, -0.05) is 6.92 Å². The molecular weight excluding hydrogens is 272 g/mol. The number of nitrogens with one attached hydrogen (secondary N) is 1. The molecule has 0 aromatic rings. The van der Waals surface area contributed by atoms with E-state index < -0.39 is 11.4 Å². The van der Waals surface area contributed by atoms with E-state index in [0.717, 1.165) is 19.3 Å². The Morgan fingerprint density at radius 2 is 2.05 bits per heavy atom. The molecule has 2 N–H and O–H groups in total. The maximum Gasteiger partial charge on any atom is 0.319 e. The highest BCUT2D eigenvalue weighted by molar-refractivity contribution is 6.04. The van der Waals surface area contributed by atoms with Crippen molar-refractivity contribution in [3.63, 3.8) is 0 Å². The van der Waals surface area contributed by atoms with Gasteiger partial charge in [-0.2, -0.15) is 0 Å². The number of carboxylic acids is 1. The van der Waals surface area contributed by atoms with Gasteiger partial charge in [-0.05, 0) is 38.0 Å². The molecule has 21 heavy (non-hydrogen) atoms. The standard InChI is InChI=1S/C15H24N2O4/c1-2-4-12(18)16-9-11-5-3-8-17(10-11)13(19)15(6-7-15)14(20)21/h11H,2-10H2,1H3,(H,16,18)(H,20,21). The average Bonchev–Trinajstić information content (AvgIpc) is 3.27. The number of likely N-dealkylation sites (tertiary alicyclic amines) is 1. The summed E-state index contributed by atoms with van der Waals surface area (Å²) in [6, 6.07) is 0. The second-order valence-electron chi connectivity index (χ2n) is 6.20. The summed E-state index contributed by atoms with van der Waals surface area (Å²) >= 11 is 0. The SMILES string of the molecule is CCCC(=O)NCC1CCCN(C(=O)C2(C(=O)O)CC2)C1. The molecule has 0 bridgehead atoms. The van der Waals surface area contributed by atoms with Gasteiger partial charge in [-0.25, -0.2) is 0 Å². The molecule has 0 aromatic heterocycles. The van der Waals surface area contributed by atoms with E-state index in [-0.39, 0.29) is 17.7 Å². The van der Waals surface area contributed by atoms with Crippen LogP contribution in [0.5, 0.6) is 0 Å². The largest absolute Gasteiger partial charge is 0.480 e. The number of nitrogens with zero attached hydrogens (tertiary/aromatic N) is 1. The molecule has 2 aliphatic rings. The van der Waals surface area contributed by atoms with Gasteiger partial charge in [0, 0.05) is 26.1 Å². The lowest BCUT2D eigenvalue weighted by Gasteiger charge is -2.34. The van der Waals surface area contributed by atoms with Crippen LogP contribution >= 0.6 is 0 Å². The van der Waals surface area contributed by atoms with Gasteiger partial charge in [0.2, 0.25) is 11.8 Å². The molecule has 0 radical (unpaired) electrons. The van der Waals surface area contributed by atoms with Crippen LogP contribution in [0.3, 0.4) is 0 Å². The van der Waals surface area contributed by atoms with E-state index in [4.69, 9.17) is 0 Å². The molecule has 0 aromatic carbocycles. The summed E-state index contributed by atoms with van der Waals surface area (Å²) < 4.78 is 0. The number of piperidine rings is 1. The van der Waals surface area contributed by atoms with Crippen LogP contribution in [0.25, 0.3) is 0 Å². The number of hydrogen-bond acceptors (Lipinski definition) is 3. The molecule has 1 aliphatic carbocycles. The van der Waals surface area contributed by atoms with Crippen molar-refractivity contribution in [3.8, 4) is 0 Å². The number of carbonyl (C=O) groups is 3. The first kappa shape index (κ1) is 15.8. The van der Waals surface area contributed by atoms with Gasteiger partial charge in [0.1, 0.15) is 5.41 Å². The van der Waals surface area contributed by atoms with Crippen LogP contribution in [0.1, 0.15) is 45.4 Å². The Labute approximate surface area is 124 Å². The van der Waals surface area contributed by atoms with E-state index in [1.165, 1.54) is 0 Å². The Bertz CT molecular complexity index is 431. The maximum atomic E-state index is 12.4. The van der Waals surface area contributed by atoms with Crippen LogP contribution < -0.4 is 5.32 Å². The molecule has 1 unspecified atom stereocenters. The first-order chi connectivity index (χ1) is 9.99. The topological polar surface area (TPSA) is 86.7 Å². The third-order valence-electron chi connectivity index (χ3n) is 4.44. The van der Waals surface area contributed by atoms with Gasteiger partial charge >= 0.3 is 5.97 Å².